The van der Waals surface area contributed by atoms with Gasteiger partial charge >= 0.3 is 5.97 Å². The number of carbonyl (C=O) groups is 4. The van der Waals surface area contributed by atoms with Crippen LogP contribution < -0.4 is 25.4 Å². The lowest BCUT2D eigenvalue weighted by Crippen LogP contribution is -2.56. The fourth-order valence-corrected chi connectivity index (χ4v) is 7.75. The molecule has 5 aliphatic heterocycles. The third-order valence-electron chi connectivity index (χ3n) is 9.29. The number of carbonyl (C=O) groups excluding carboxylic acids is 3. The van der Waals surface area contributed by atoms with Gasteiger partial charge in [-0.1, -0.05) is 43.5 Å². The van der Waals surface area contributed by atoms with E-state index < -0.39 is 34.2 Å². The Hall–Kier alpha value is -3.89. The van der Waals surface area contributed by atoms with E-state index >= 15 is 0 Å². The summed E-state index contributed by atoms with van der Waals surface area (Å²) in [4.78, 5) is 55.7. The zero-order valence-corrected chi connectivity index (χ0v) is 28.5. The monoisotopic (exact) mass is 697 g/mol. The second-order valence-electron chi connectivity index (χ2n) is 13.1. The minimum Gasteiger partial charge on any atom is -0.480 e. The normalized spacial score (nSPS) is 25.3. The number of hydrogen-bond acceptors (Lipinski definition) is 8. The second-order valence-corrected chi connectivity index (χ2v) is 14.6. The number of amides is 3. The highest BCUT2D eigenvalue weighted by atomic mass is 32.2. The van der Waals surface area contributed by atoms with Crippen molar-refractivity contribution in [2.24, 2.45) is 0 Å². The second kappa shape index (κ2) is 17.2. The molecule has 1 saturated heterocycles. The number of anilines is 2. The first-order valence-corrected chi connectivity index (χ1v) is 18.5. The molecule has 1 aliphatic carbocycles. The number of fused-ring (bicyclic) bond motifs is 3. The molecule has 2 fully saturated rings. The molecule has 6 aliphatic rings. The summed E-state index contributed by atoms with van der Waals surface area (Å²) in [7, 11) is -4.12. The van der Waals surface area contributed by atoms with Crippen LogP contribution in [0.1, 0.15) is 56.1 Å². The predicted octanol–water partition coefficient (Wildman–Crippen LogP) is 1.45. The Morgan fingerprint density at radius 3 is 1.67 bits per heavy atom. The lowest BCUT2D eigenvalue weighted by atomic mass is 9.96. The van der Waals surface area contributed by atoms with Gasteiger partial charge in [0.05, 0.1) is 0 Å². The molecule has 0 unspecified atom stereocenters. The molecular weight excluding hydrogens is 650 g/mol. The molecule has 2 aromatic rings. The molecule has 5 heterocycles. The predicted molar refractivity (Wildman–Crippen MR) is 185 cm³/mol. The number of benzene rings is 2. The Kier molecular flexibility index (Phi) is 12.7. The van der Waals surface area contributed by atoms with Crippen molar-refractivity contribution < 1.29 is 32.7 Å². The molecule has 3 amide bonds. The van der Waals surface area contributed by atoms with Crippen LogP contribution in [0.5, 0.6) is 0 Å². The molecule has 2 aromatic carbocycles. The average molecular weight is 698 g/mol. The van der Waals surface area contributed by atoms with Crippen molar-refractivity contribution >= 4 is 45.3 Å². The van der Waals surface area contributed by atoms with E-state index in [-0.39, 0.29) is 30.7 Å². The molecule has 0 spiro atoms. The number of carboxylic acid groups (broad SMARTS) is 1. The summed E-state index contributed by atoms with van der Waals surface area (Å²) >= 11 is 0. The summed E-state index contributed by atoms with van der Waals surface area (Å²) in [5, 5.41) is 18.3. The molecule has 49 heavy (non-hydrogen) atoms. The van der Waals surface area contributed by atoms with Crippen molar-refractivity contribution in [1.82, 2.24) is 24.6 Å². The van der Waals surface area contributed by atoms with E-state index in [1.165, 1.54) is 0 Å². The van der Waals surface area contributed by atoms with Crippen LogP contribution in [0, 0.1) is 0 Å². The van der Waals surface area contributed by atoms with Crippen molar-refractivity contribution in [1.29, 1.82) is 0 Å². The molecule has 14 nitrogen and oxygen atoms in total. The van der Waals surface area contributed by atoms with Gasteiger partial charge in [0.25, 0.3) is 10.2 Å². The zero-order chi connectivity index (χ0) is 34.8. The summed E-state index contributed by atoms with van der Waals surface area (Å²) in [5.74, 6) is -2.34. The lowest BCUT2D eigenvalue weighted by molar-refractivity contribution is -0.142. The van der Waals surface area contributed by atoms with E-state index in [0.717, 1.165) is 45.4 Å². The van der Waals surface area contributed by atoms with E-state index in [9.17, 15) is 32.7 Å². The summed E-state index contributed by atoms with van der Waals surface area (Å²) in [6.45, 7) is 4.44. The van der Waals surface area contributed by atoms with Gasteiger partial charge in [0.1, 0.15) is 12.1 Å². The van der Waals surface area contributed by atoms with Crippen LogP contribution >= 0.6 is 0 Å². The van der Waals surface area contributed by atoms with Crippen LogP contribution in [0.4, 0.5) is 11.4 Å². The molecule has 8 rings (SSSR count). The molecule has 266 valence electrons. The summed E-state index contributed by atoms with van der Waals surface area (Å²) in [6, 6.07) is 10.6. The van der Waals surface area contributed by atoms with Gasteiger partial charge in [-0.05, 0) is 54.7 Å². The first kappa shape index (κ1) is 36.4. The van der Waals surface area contributed by atoms with E-state index in [0.29, 0.717) is 61.3 Å². The summed E-state index contributed by atoms with van der Waals surface area (Å²) in [5.41, 5.74) is 2.36. The highest BCUT2D eigenvalue weighted by molar-refractivity contribution is 7.87. The van der Waals surface area contributed by atoms with Crippen molar-refractivity contribution in [3.63, 3.8) is 0 Å². The van der Waals surface area contributed by atoms with Crippen LogP contribution in [0.3, 0.4) is 0 Å². The van der Waals surface area contributed by atoms with Gasteiger partial charge in [-0.25, -0.2) is 4.79 Å². The maximum Gasteiger partial charge on any atom is 0.326 e. The fraction of sp³-hybridized carbons (Fsp3) is 0.529. The third kappa shape index (κ3) is 11.6. The SMILES string of the molecule is O=C1CCN2CCN(CCC(=O)Nc3ccc(cc3)C[C@@H](NS(=O)(=O)NC3CCCCC3)C(=O)N[C@H](C(=O)O)Cc3ccc(cc3)N1)CC2. The van der Waals surface area contributed by atoms with Gasteiger partial charge in [-0.15, -0.1) is 0 Å². The van der Waals surface area contributed by atoms with E-state index in [1.54, 1.807) is 48.5 Å². The Bertz CT molecular complexity index is 1560. The van der Waals surface area contributed by atoms with E-state index in [1.807, 2.05) is 0 Å². The van der Waals surface area contributed by atoms with Crippen molar-refractivity contribution in [2.45, 2.75) is 75.9 Å². The molecule has 6 N–H and O–H groups in total. The first-order chi connectivity index (χ1) is 23.5. The number of aliphatic carboxylic acids is 1. The first-order valence-electron chi connectivity index (χ1n) is 17.1. The van der Waals surface area contributed by atoms with Gasteiger partial charge in [0.2, 0.25) is 17.7 Å². The van der Waals surface area contributed by atoms with Gasteiger partial charge in [0, 0.05) is 75.9 Å². The van der Waals surface area contributed by atoms with Crippen LogP contribution in [-0.2, 0) is 42.2 Å². The molecule has 6 bridgehead atoms. The molecule has 2 atom stereocenters. The highest BCUT2D eigenvalue weighted by Gasteiger charge is 2.30. The number of carboxylic acids is 1. The molecule has 1 saturated carbocycles. The maximum atomic E-state index is 13.6. The van der Waals surface area contributed by atoms with Crippen LogP contribution in [0.2, 0.25) is 0 Å². The zero-order valence-electron chi connectivity index (χ0n) is 27.7. The van der Waals surface area contributed by atoms with Gasteiger partial charge < -0.3 is 30.9 Å². The van der Waals surface area contributed by atoms with Crippen molar-refractivity contribution in [3.05, 3.63) is 59.7 Å². The largest absolute Gasteiger partial charge is 0.480 e. The number of nitrogens with one attached hydrogen (secondary N) is 5. The number of hydrogen-bond donors (Lipinski definition) is 6. The van der Waals surface area contributed by atoms with E-state index in [4.69, 9.17) is 0 Å². The van der Waals surface area contributed by atoms with Crippen LogP contribution in [-0.4, -0.2) is 104 Å². The van der Waals surface area contributed by atoms with Crippen LogP contribution in [0.25, 0.3) is 0 Å². The Morgan fingerprint density at radius 2 is 1.18 bits per heavy atom. The summed E-state index contributed by atoms with van der Waals surface area (Å²) in [6.07, 6.45) is 4.76. The Labute approximate surface area is 287 Å². The smallest absolute Gasteiger partial charge is 0.326 e. The van der Waals surface area contributed by atoms with Crippen LogP contribution in [0.15, 0.2) is 48.5 Å². The average Bonchev–Trinajstić information content (AvgIpc) is 3.07. The van der Waals surface area contributed by atoms with Crippen molar-refractivity contribution in [2.75, 3.05) is 49.9 Å². The highest BCUT2D eigenvalue weighted by Crippen LogP contribution is 2.19. The quantitative estimate of drug-likeness (QED) is 0.269. The fourth-order valence-electron chi connectivity index (χ4n) is 6.44. The minimum absolute atomic E-state index is 0.0572. The Balaban J connectivity index is 1.35. The van der Waals surface area contributed by atoms with Gasteiger partial charge in [-0.3, -0.25) is 14.4 Å². The standard InChI is InChI=1S/C34H47N7O7S/c42-31-14-16-40-18-20-41(21-19-40)17-15-32(43)36-27-12-8-25(9-13-27)23-30(34(45)46)37-33(44)29(22-24-6-10-26(35-31)11-7-24)39-49(47,48)38-28-4-2-1-3-5-28/h6-13,28-30,38-39H,1-5,14-23H2,(H,35,42)(H,36,43)(H,37,44)(H,45,46)/t29-,30+/m1/s1. The summed E-state index contributed by atoms with van der Waals surface area (Å²) < 4.78 is 31.5. The topological polar surface area (TPSA) is 189 Å². The Morgan fingerprint density at radius 1 is 0.694 bits per heavy atom. The molecule has 0 radical (unpaired) electrons. The number of rotatable bonds is 5. The molecule has 0 aromatic heterocycles. The minimum atomic E-state index is -4.12. The molecular formula is C34H47N7O7S. The number of nitrogens with zero attached hydrogens (tertiary/aromatic N) is 2. The third-order valence-corrected chi connectivity index (χ3v) is 10.5. The van der Waals surface area contributed by atoms with Gasteiger partial charge in [-0.2, -0.15) is 17.9 Å². The van der Waals surface area contributed by atoms with Crippen molar-refractivity contribution in [3.8, 4) is 0 Å². The lowest BCUT2D eigenvalue weighted by Gasteiger charge is -2.34. The number of piperazine rings is 1. The molecule has 15 heteroatoms. The maximum absolute atomic E-state index is 13.6. The van der Waals surface area contributed by atoms with Gasteiger partial charge in [0.15, 0.2) is 0 Å². The van der Waals surface area contributed by atoms with E-state index in [2.05, 4.69) is 35.2 Å².